The van der Waals surface area contributed by atoms with Crippen LogP contribution >= 0.6 is 0 Å². The molecule has 2 aromatic rings. The van der Waals surface area contributed by atoms with Gasteiger partial charge < -0.3 is 14.3 Å². The molecule has 18 heavy (non-hydrogen) atoms. The maximum Gasteiger partial charge on any atom is 0.394 e. The topological polar surface area (TPSA) is 55.5 Å². The predicted molar refractivity (Wildman–Crippen MR) is 65.2 cm³/mol. The Labute approximate surface area is 105 Å². The predicted octanol–water partition coefficient (Wildman–Crippen LogP) is 2.62. The summed E-state index contributed by atoms with van der Waals surface area (Å²) >= 11 is 0. The van der Waals surface area contributed by atoms with Crippen LogP contribution in [0.25, 0.3) is 0 Å². The van der Waals surface area contributed by atoms with Gasteiger partial charge in [0.1, 0.15) is 18.1 Å². The Hall–Kier alpha value is -1.81. The first-order chi connectivity index (χ1) is 8.86. The van der Waals surface area contributed by atoms with Crippen LogP contribution in [0.1, 0.15) is 35.8 Å². The molecule has 0 radical (unpaired) electrons. The number of nitrogens with zero attached hydrogens (tertiary/aromatic N) is 1. The standard InChI is InChI=1S/C14H15NO3/c16-8-11-9-17-14(15-11)18-13-7-3-5-10-4-1-2-6-12(10)13/h1-2,4,6,9,13,16H,3,5,7-8H2. The van der Waals surface area contributed by atoms with E-state index in [0.717, 1.165) is 19.3 Å². The number of oxazole rings is 1. The second kappa shape index (κ2) is 4.82. The number of ether oxygens (including phenoxy) is 1. The molecule has 1 aromatic carbocycles. The van der Waals surface area contributed by atoms with Crippen LogP contribution in [0.4, 0.5) is 0 Å². The summed E-state index contributed by atoms with van der Waals surface area (Å²) in [6.07, 6.45) is 4.83. The van der Waals surface area contributed by atoms with Crippen LogP contribution in [0, 0.1) is 0 Å². The summed E-state index contributed by atoms with van der Waals surface area (Å²) in [6, 6.07) is 8.31. The zero-order valence-electron chi connectivity index (χ0n) is 10.0. The molecule has 1 aromatic heterocycles. The van der Waals surface area contributed by atoms with Gasteiger partial charge in [-0.3, -0.25) is 0 Å². The van der Waals surface area contributed by atoms with Crippen LogP contribution in [0.5, 0.6) is 6.08 Å². The molecule has 0 fully saturated rings. The van der Waals surface area contributed by atoms with Crippen molar-refractivity contribution >= 4 is 0 Å². The molecule has 3 rings (SSSR count). The van der Waals surface area contributed by atoms with Gasteiger partial charge in [-0.2, -0.15) is 4.98 Å². The Kier molecular flexibility index (Phi) is 3.02. The molecule has 4 heteroatoms. The Bertz CT molecular complexity index is 535. The van der Waals surface area contributed by atoms with Crippen molar-refractivity contribution in [3.63, 3.8) is 0 Å². The number of aryl methyl sites for hydroxylation is 1. The first kappa shape index (κ1) is 11.3. The third-order valence-electron chi connectivity index (χ3n) is 3.25. The lowest BCUT2D eigenvalue weighted by molar-refractivity contribution is 0.132. The second-order valence-corrected chi connectivity index (χ2v) is 4.46. The van der Waals surface area contributed by atoms with Gasteiger partial charge in [0.2, 0.25) is 0 Å². The van der Waals surface area contributed by atoms with Crippen molar-refractivity contribution in [2.75, 3.05) is 0 Å². The minimum absolute atomic E-state index is 0.000132. The lowest BCUT2D eigenvalue weighted by Crippen LogP contribution is -2.15. The fraction of sp³-hybridized carbons (Fsp3) is 0.357. The molecular formula is C14H15NO3. The average molecular weight is 245 g/mol. The number of benzene rings is 1. The van der Waals surface area contributed by atoms with Crippen molar-refractivity contribution in [3.05, 3.63) is 47.3 Å². The highest BCUT2D eigenvalue weighted by Crippen LogP contribution is 2.33. The highest BCUT2D eigenvalue weighted by molar-refractivity contribution is 5.31. The van der Waals surface area contributed by atoms with Crippen LogP contribution in [-0.2, 0) is 13.0 Å². The maximum atomic E-state index is 8.94. The number of aliphatic hydroxyl groups is 1. The minimum atomic E-state index is -0.131. The van der Waals surface area contributed by atoms with Crippen molar-refractivity contribution in [2.24, 2.45) is 0 Å². The Morgan fingerprint density at radius 1 is 1.39 bits per heavy atom. The molecule has 0 saturated heterocycles. The Balaban J connectivity index is 1.81. The van der Waals surface area contributed by atoms with E-state index in [4.69, 9.17) is 14.3 Å². The van der Waals surface area contributed by atoms with Crippen molar-refractivity contribution in [1.29, 1.82) is 0 Å². The molecular weight excluding hydrogens is 230 g/mol. The molecule has 1 heterocycles. The number of hydrogen-bond acceptors (Lipinski definition) is 4. The quantitative estimate of drug-likeness (QED) is 0.903. The van der Waals surface area contributed by atoms with Crippen molar-refractivity contribution < 1.29 is 14.3 Å². The van der Waals surface area contributed by atoms with E-state index in [1.165, 1.54) is 17.4 Å². The van der Waals surface area contributed by atoms with Gasteiger partial charge in [-0.1, -0.05) is 24.3 Å². The first-order valence-electron chi connectivity index (χ1n) is 6.16. The van der Waals surface area contributed by atoms with Gasteiger partial charge in [-0.05, 0) is 30.4 Å². The molecule has 0 spiro atoms. The van der Waals surface area contributed by atoms with Crippen LogP contribution in [-0.4, -0.2) is 10.1 Å². The largest absolute Gasteiger partial charge is 0.442 e. The summed E-state index contributed by atoms with van der Waals surface area (Å²) in [4.78, 5) is 4.06. The number of rotatable bonds is 3. The van der Waals surface area contributed by atoms with E-state index in [0.29, 0.717) is 5.69 Å². The van der Waals surface area contributed by atoms with Crippen LogP contribution < -0.4 is 4.74 Å². The zero-order chi connectivity index (χ0) is 12.4. The van der Waals surface area contributed by atoms with E-state index in [9.17, 15) is 0 Å². The van der Waals surface area contributed by atoms with Gasteiger partial charge >= 0.3 is 6.08 Å². The number of aliphatic hydroxyl groups excluding tert-OH is 1. The summed E-state index contributed by atoms with van der Waals surface area (Å²) in [6.45, 7) is -0.131. The smallest absolute Gasteiger partial charge is 0.394 e. The van der Waals surface area contributed by atoms with Gasteiger partial charge in [-0.25, -0.2) is 0 Å². The molecule has 0 saturated carbocycles. The average Bonchev–Trinajstić information content (AvgIpc) is 2.87. The molecule has 94 valence electrons. The van der Waals surface area contributed by atoms with Gasteiger partial charge in [0.25, 0.3) is 0 Å². The number of aromatic nitrogens is 1. The lowest BCUT2D eigenvalue weighted by Gasteiger charge is -2.24. The molecule has 1 aliphatic carbocycles. The van der Waals surface area contributed by atoms with Gasteiger partial charge in [-0.15, -0.1) is 0 Å². The van der Waals surface area contributed by atoms with Gasteiger partial charge in [0.15, 0.2) is 0 Å². The van der Waals surface area contributed by atoms with Gasteiger partial charge in [0, 0.05) is 0 Å². The second-order valence-electron chi connectivity index (χ2n) is 4.46. The Morgan fingerprint density at radius 3 is 3.11 bits per heavy atom. The summed E-state index contributed by atoms with van der Waals surface area (Å²) < 4.78 is 11.0. The van der Waals surface area contributed by atoms with Crippen molar-refractivity contribution in [2.45, 2.75) is 32.0 Å². The van der Waals surface area contributed by atoms with E-state index in [1.54, 1.807) is 0 Å². The monoisotopic (exact) mass is 245 g/mol. The molecule has 1 unspecified atom stereocenters. The summed E-state index contributed by atoms with van der Waals surface area (Å²) in [5.74, 6) is 0. The molecule has 0 amide bonds. The highest BCUT2D eigenvalue weighted by Gasteiger charge is 2.22. The molecule has 0 bridgehead atoms. The van der Waals surface area contributed by atoms with Gasteiger partial charge in [0.05, 0.1) is 6.61 Å². The molecule has 1 atom stereocenters. The minimum Gasteiger partial charge on any atom is -0.442 e. The SMILES string of the molecule is OCc1coc(OC2CCCc3ccccc32)n1. The van der Waals surface area contributed by atoms with Crippen molar-refractivity contribution in [3.8, 4) is 6.08 Å². The highest BCUT2D eigenvalue weighted by atomic mass is 16.6. The third-order valence-corrected chi connectivity index (χ3v) is 3.25. The summed E-state index contributed by atoms with van der Waals surface area (Å²) in [7, 11) is 0. The first-order valence-corrected chi connectivity index (χ1v) is 6.16. The molecule has 1 aliphatic rings. The fourth-order valence-corrected chi connectivity index (χ4v) is 2.37. The van der Waals surface area contributed by atoms with Crippen molar-refractivity contribution in [1.82, 2.24) is 4.98 Å². The van der Waals surface area contributed by atoms with E-state index in [1.807, 2.05) is 6.07 Å². The number of hydrogen-bond donors (Lipinski definition) is 1. The molecule has 4 nitrogen and oxygen atoms in total. The summed E-state index contributed by atoms with van der Waals surface area (Å²) in [5, 5.41) is 8.94. The third kappa shape index (κ3) is 2.11. The normalized spacial score (nSPS) is 18.4. The van der Waals surface area contributed by atoms with Crippen LogP contribution in [0.3, 0.4) is 0 Å². The van der Waals surface area contributed by atoms with Crippen LogP contribution in [0.2, 0.25) is 0 Å². The maximum absolute atomic E-state index is 8.94. The molecule has 0 aliphatic heterocycles. The zero-order valence-corrected chi connectivity index (χ0v) is 10.0. The molecule has 1 N–H and O–H groups in total. The lowest BCUT2D eigenvalue weighted by atomic mass is 9.89. The van der Waals surface area contributed by atoms with E-state index < -0.39 is 0 Å². The van der Waals surface area contributed by atoms with E-state index in [-0.39, 0.29) is 18.8 Å². The van der Waals surface area contributed by atoms with E-state index >= 15 is 0 Å². The van der Waals surface area contributed by atoms with Crippen LogP contribution in [0.15, 0.2) is 34.9 Å². The Morgan fingerprint density at radius 2 is 2.28 bits per heavy atom. The fourth-order valence-electron chi connectivity index (χ4n) is 2.37. The van der Waals surface area contributed by atoms with E-state index in [2.05, 4.69) is 23.2 Å². The summed E-state index contributed by atoms with van der Waals surface area (Å²) in [5.41, 5.74) is 3.05. The number of fused-ring (bicyclic) bond motifs is 1.